The molecule has 0 aromatic heterocycles. The SMILES string of the molecule is COc1cc(Br)c(OC)c(C(=O)N2CC(CO)C2)c1. The number of nitrogens with zero attached hydrogens (tertiary/aromatic N) is 1. The molecule has 1 heterocycles. The molecule has 1 fully saturated rings. The Hall–Kier alpha value is -1.27. The summed E-state index contributed by atoms with van der Waals surface area (Å²) >= 11 is 3.37. The summed E-state index contributed by atoms with van der Waals surface area (Å²) in [5, 5.41) is 8.99. The average Bonchev–Trinajstić information content (AvgIpc) is 2.36. The fourth-order valence-electron chi connectivity index (χ4n) is 2.07. The van der Waals surface area contributed by atoms with Crippen LogP contribution in [0.4, 0.5) is 0 Å². The molecule has 1 aliphatic rings. The van der Waals surface area contributed by atoms with E-state index in [1.54, 1.807) is 24.1 Å². The van der Waals surface area contributed by atoms with E-state index in [0.717, 1.165) is 0 Å². The second kappa shape index (κ2) is 5.79. The Morgan fingerprint density at radius 2 is 2.11 bits per heavy atom. The largest absolute Gasteiger partial charge is 0.497 e. The summed E-state index contributed by atoms with van der Waals surface area (Å²) in [6.45, 7) is 1.27. The lowest BCUT2D eigenvalue weighted by Crippen LogP contribution is -2.51. The smallest absolute Gasteiger partial charge is 0.257 e. The van der Waals surface area contributed by atoms with Gasteiger partial charge in [-0.2, -0.15) is 0 Å². The van der Waals surface area contributed by atoms with E-state index in [1.165, 1.54) is 7.11 Å². The van der Waals surface area contributed by atoms with Crippen molar-refractivity contribution in [2.24, 2.45) is 5.92 Å². The van der Waals surface area contributed by atoms with Crippen molar-refractivity contribution in [3.63, 3.8) is 0 Å². The van der Waals surface area contributed by atoms with E-state index in [9.17, 15) is 4.79 Å². The highest BCUT2D eigenvalue weighted by atomic mass is 79.9. The number of hydrogen-bond acceptors (Lipinski definition) is 4. The number of aliphatic hydroxyl groups is 1. The van der Waals surface area contributed by atoms with E-state index in [2.05, 4.69) is 15.9 Å². The maximum Gasteiger partial charge on any atom is 0.257 e. The first-order chi connectivity index (χ1) is 9.10. The molecule has 0 saturated carbocycles. The number of halogens is 1. The van der Waals surface area contributed by atoms with Gasteiger partial charge < -0.3 is 19.5 Å². The third-order valence-corrected chi connectivity index (χ3v) is 3.78. The van der Waals surface area contributed by atoms with Gasteiger partial charge in [-0.3, -0.25) is 4.79 Å². The van der Waals surface area contributed by atoms with Crippen molar-refractivity contribution >= 4 is 21.8 Å². The Labute approximate surface area is 120 Å². The summed E-state index contributed by atoms with van der Waals surface area (Å²) in [6, 6.07) is 3.42. The topological polar surface area (TPSA) is 59.0 Å². The van der Waals surface area contributed by atoms with Crippen LogP contribution < -0.4 is 9.47 Å². The van der Waals surface area contributed by atoms with Crippen molar-refractivity contribution in [1.29, 1.82) is 0 Å². The standard InChI is InChI=1S/C13H16BrNO4/c1-18-9-3-10(12(19-2)11(14)4-9)13(17)15-5-8(6-15)7-16/h3-4,8,16H,5-7H2,1-2H3. The Kier molecular flexibility index (Phi) is 4.31. The van der Waals surface area contributed by atoms with Crippen LogP contribution in [0, 0.1) is 5.92 Å². The highest BCUT2D eigenvalue weighted by molar-refractivity contribution is 9.10. The molecule has 5 nitrogen and oxygen atoms in total. The third kappa shape index (κ3) is 2.69. The zero-order chi connectivity index (χ0) is 14.0. The lowest BCUT2D eigenvalue weighted by molar-refractivity contribution is 0.0359. The van der Waals surface area contributed by atoms with Crippen LogP contribution in [0.25, 0.3) is 0 Å². The highest BCUT2D eigenvalue weighted by Crippen LogP contribution is 2.35. The molecule has 1 amide bonds. The highest BCUT2D eigenvalue weighted by Gasteiger charge is 2.32. The second-order valence-electron chi connectivity index (χ2n) is 4.45. The molecule has 2 rings (SSSR count). The van der Waals surface area contributed by atoms with Crippen molar-refractivity contribution in [1.82, 2.24) is 4.90 Å². The fraction of sp³-hybridized carbons (Fsp3) is 0.462. The van der Waals surface area contributed by atoms with Gasteiger partial charge in [0.2, 0.25) is 0 Å². The molecule has 0 unspecified atom stereocenters. The number of ether oxygens (including phenoxy) is 2. The summed E-state index contributed by atoms with van der Waals surface area (Å²) in [6.07, 6.45) is 0. The maximum absolute atomic E-state index is 12.4. The summed E-state index contributed by atoms with van der Waals surface area (Å²) in [5.41, 5.74) is 0.463. The number of amides is 1. The average molecular weight is 330 g/mol. The predicted molar refractivity (Wildman–Crippen MR) is 73.7 cm³/mol. The number of hydrogen-bond donors (Lipinski definition) is 1. The molecule has 6 heteroatoms. The predicted octanol–water partition coefficient (Wildman–Crippen LogP) is 1.53. The van der Waals surface area contributed by atoms with Crippen LogP contribution in [0.1, 0.15) is 10.4 Å². The van der Waals surface area contributed by atoms with Gasteiger partial charge in [-0.05, 0) is 28.1 Å². The summed E-state index contributed by atoms with van der Waals surface area (Å²) in [5.74, 6) is 1.17. The first-order valence-electron chi connectivity index (χ1n) is 5.92. The van der Waals surface area contributed by atoms with Gasteiger partial charge >= 0.3 is 0 Å². The van der Waals surface area contributed by atoms with Gasteiger partial charge in [0.05, 0.1) is 24.3 Å². The van der Waals surface area contributed by atoms with Crippen molar-refractivity contribution < 1.29 is 19.4 Å². The van der Waals surface area contributed by atoms with Crippen molar-refractivity contribution in [3.05, 3.63) is 22.2 Å². The molecule has 1 aliphatic heterocycles. The second-order valence-corrected chi connectivity index (χ2v) is 5.30. The summed E-state index contributed by atoms with van der Waals surface area (Å²) in [7, 11) is 3.07. The van der Waals surface area contributed by atoms with Crippen LogP contribution in [-0.2, 0) is 0 Å². The van der Waals surface area contributed by atoms with E-state index in [4.69, 9.17) is 14.6 Å². The summed E-state index contributed by atoms with van der Waals surface area (Å²) < 4.78 is 11.1. The number of benzene rings is 1. The Morgan fingerprint density at radius 3 is 2.63 bits per heavy atom. The molecule has 104 valence electrons. The number of aliphatic hydroxyl groups excluding tert-OH is 1. The molecule has 0 bridgehead atoms. The molecular formula is C13H16BrNO4. The van der Waals surface area contributed by atoms with Crippen molar-refractivity contribution in [2.75, 3.05) is 33.9 Å². The monoisotopic (exact) mass is 329 g/mol. The van der Waals surface area contributed by atoms with Gasteiger partial charge in [-0.1, -0.05) is 0 Å². The van der Waals surface area contributed by atoms with Gasteiger partial charge in [-0.25, -0.2) is 0 Å². The summed E-state index contributed by atoms with van der Waals surface area (Å²) in [4.78, 5) is 14.1. The molecule has 1 N–H and O–H groups in total. The van der Waals surface area contributed by atoms with Crippen molar-refractivity contribution in [2.45, 2.75) is 0 Å². The molecule has 0 aliphatic carbocycles. The molecular weight excluding hydrogens is 314 g/mol. The van der Waals surface area contributed by atoms with Gasteiger partial charge in [-0.15, -0.1) is 0 Å². The lowest BCUT2D eigenvalue weighted by Gasteiger charge is -2.38. The number of rotatable bonds is 4. The molecule has 19 heavy (non-hydrogen) atoms. The fourth-order valence-corrected chi connectivity index (χ4v) is 2.68. The van der Waals surface area contributed by atoms with Crippen LogP contribution in [0.5, 0.6) is 11.5 Å². The van der Waals surface area contributed by atoms with Gasteiger partial charge in [0.25, 0.3) is 5.91 Å². The van der Waals surface area contributed by atoms with E-state index in [1.807, 2.05) is 0 Å². The lowest BCUT2D eigenvalue weighted by atomic mass is 9.99. The Balaban J connectivity index is 2.27. The Morgan fingerprint density at radius 1 is 1.42 bits per heavy atom. The van der Waals surface area contributed by atoms with Crippen molar-refractivity contribution in [3.8, 4) is 11.5 Å². The van der Waals surface area contributed by atoms with Crippen LogP contribution in [-0.4, -0.2) is 49.8 Å². The number of carbonyl (C=O) groups is 1. The molecule has 0 spiro atoms. The zero-order valence-corrected chi connectivity index (χ0v) is 12.4. The minimum absolute atomic E-state index is 0.110. The van der Waals surface area contributed by atoms with Crippen LogP contribution in [0.15, 0.2) is 16.6 Å². The third-order valence-electron chi connectivity index (χ3n) is 3.19. The van der Waals surface area contributed by atoms with Crippen LogP contribution >= 0.6 is 15.9 Å². The number of methoxy groups -OCH3 is 2. The normalized spacial score (nSPS) is 15.1. The number of likely N-dealkylation sites (tertiary alicyclic amines) is 1. The first kappa shape index (κ1) is 14.1. The molecule has 1 aromatic rings. The minimum atomic E-state index is -0.110. The van der Waals surface area contributed by atoms with Gasteiger partial charge in [0.1, 0.15) is 11.5 Å². The van der Waals surface area contributed by atoms with E-state index in [-0.39, 0.29) is 18.4 Å². The van der Waals surface area contributed by atoms with Crippen LogP contribution in [0.3, 0.4) is 0 Å². The number of carbonyl (C=O) groups excluding carboxylic acids is 1. The Bertz CT molecular complexity index is 486. The van der Waals surface area contributed by atoms with E-state index in [0.29, 0.717) is 34.6 Å². The van der Waals surface area contributed by atoms with Gasteiger partial charge in [0, 0.05) is 25.6 Å². The molecule has 0 atom stereocenters. The van der Waals surface area contributed by atoms with Gasteiger partial charge in [0.15, 0.2) is 0 Å². The molecule has 1 aromatic carbocycles. The first-order valence-corrected chi connectivity index (χ1v) is 6.71. The molecule has 1 saturated heterocycles. The minimum Gasteiger partial charge on any atom is -0.497 e. The van der Waals surface area contributed by atoms with E-state index < -0.39 is 0 Å². The van der Waals surface area contributed by atoms with E-state index >= 15 is 0 Å². The maximum atomic E-state index is 12.4. The molecule has 0 radical (unpaired) electrons. The van der Waals surface area contributed by atoms with Crippen LogP contribution in [0.2, 0.25) is 0 Å². The quantitative estimate of drug-likeness (QED) is 0.910. The zero-order valence-electron chi connectivity index (χ0n) is 10.9.